The number of hydrogen-bond acceptors (Lipinski definition) is 7. The Kier molecular flexibility index (Phi) is 12.1. The van der Waals surface area contributed by atoms with Crippen LogP contribution in [0.2, 0.25) is 5.02 Å². The first-order valence-electron chi connectivity index (χ1n) is 18.0. The third-order valence-electron chi connectivity index (χ3n) is 10.8. The van der Waals surface area contributed by atoms with Gasteiger partial charge in [0.15, 0.2) is 0 Å². The van der Waals surface area contributed by atoms with Gasteiger partial charge in [0.1, 0.15) is 15.7 Å². The first-order chi connectivity index (χ1) is 24.1. The van der Waals surface area contributed by atoms with Crippen molar-refractivity contribution in [3.05, 3.63) is 70.3 Å². The van der Waals surface area contributed by atoms with Crippen LogP contribution in [-0.4, -0.2) is 68.0 Å². The standard InChI is InChI=1S/C38H51ClN4O6S/c1-25-7-6-9-35(48-3)32-15-11-29(32)22-43-21-28-10-14-31(39)19-26(28)8-4-5-18-49-36-17-13-27(20-34(36)43)37(44)41-50(46,24-25)42-38(45)40-33-16-12-30(33)23-47-2/h6,9-10,13-14,17,19-20,25,29-30,32-33,35H,4-5,7-8,11-12,15-16,18,21-24H2,1-3H3,(H2,40,41,42,44,45,46)/b9-6+/t25-,29-,30-,32+,33+,35-,50-/m0/s1. The highest BCUT2D eigenvalue weighted by Crippen LogP contribution is 2.42. The van der Waals surface area contributed by atoms with Gasteiger partial charge in [-0.05, 0) is 111 Å². The normalized spacial score (nSPS) is 30.8. The minimum Gasteiger partial charge on any atom is -0.491 e. The lowest BCUT2D eigenvalue weighted by atomic mass is 9.70. The quantitative estimate of drug-likeness (QED) is 0.321. The van der Waals surface area contributed by atoms with Crippen molar-refractivity contribution in [2.75, 3.05) is 44.6 Å². The molecule has 2 aliphatic carbocycles. The van der Waals surface area contributed by atoms with Crippen molar-refractivity contribution in [1.82, 2.24) is 10.0 Å². The molecule has 50 heavy (non-hydrogen) atoms. The zero-order valence-corrected chi connectivity index (χ0v) is 31.0. The van der Waals surface area contributed by atoms with Gasteiger partial charge in [-0.2, -0.15) is 0 Å². The van der Waals surface area contributed by atoms with Crippen LogP contribution in [0, 0.1) is 23.7 Å². The number of allylic oxidation sites excluding steroid dienone is 1. The maximum atomic E-state index is 14.5. The van der Waals surface area contributed by atoms with E-state index in [4.69, 9.17) is 25.8 Å². The second-order valence-electron chi connectivity index (χ2n) is 14.4. The van der Waals surface area contributed by atoms with E-state index in [9.17, 15) is 13.8 Å². The topological polar surface area (TPSA) is 119 Å². The highest BCUT2D eigenvalue weighted by atomic mass is 35.5. The van der Waals surface area contributed by atoms with Crippen molar-refractivity contribution in [1.29, 1.82) is 0 Å². The molecule has 6 rings (SSSR count). The number of amides is 3. The summed E-state index contributed by atoms with van der Waals surface area (Å²) in [5.41, 5.74) is 3.48. The van der Waals surface area contributed by atoms with Crippen LogP contribution in [0.4, 0.5) is 10.5 Å². The second-order valence-corrected chi connectivity index (χ2v) is 16.9. The molecule has 0 aromatic heterocycles. The molecule has 2 saturated carbocycles. The zero-order valence-electron chi connectivity index (χ0n) is 29.4. The van der Waals surface area contributed by atoms with E-state index < -0.39 is 21.9 Å². The van der Waals surface area contributed by atoms with Crippen molar-refractivity contribution in [2.24, 2.45) is 28.0 Å². The summed E-state index contributed by atoms with van der Waals surface area (Å²) < 4.78 is 39.1. The molecule has 4 aliphatic rings. The fourth-order valence-electron chi connectivity index (χ4n) is 7.69. The van der Waals surface area contributed by atoms with Gasteiger partial charge < -0.3 is 24.4 Å². The Labute approximate surface area is 302 Å². The summed E-state index contributed by atoms with van der Waals surface area (Å²) in [7, 11) is -0.102. The molecule has 10 nitrogen and oxygen atoms in total. The van der Waals surface area contributed by atoms with Gasteiger partial charge in [0.05, 0.1) is 30.8 Å². The molecule has 272 valence electrons. The Morgan fingerprint density at radius 3 is 2.70 bits per heavy atom. The molecule has 0 saturated heterocycles. The molecule has 0 unspecified atom stereocenters. The number of ether oxygens (including phenoxy) is 3. The molecule has 2 aromatic rings. The summed E-state index contributed by atoms with van der Waals surface area (Å²) in [6.45, 7) is 4.38. The van der Waals surface area contributed by atoms with Gasteiger partial charge in [0.2, 0.25) is 0 Å². The first kappa shape index (κ1) is 36.7. The average Bonchev–Trinajstić information content (AvgIpc) is 3.09. The number of hydrogen-bond donors (Lipinski definition) is 2. The Balaban J connectivity index is 1.39. The van der Waals surface area contributed by atoms with Gasteiger partial charge in [-0.1, -0.05) is 36.7 Å². The van der Waals surface area contributed by atoms with Crippen LogP contribution in [-0.2, 0) is 32.4 Å². The van der Waals surface area contributed by atoms with E-state index >= 15 is 0 Å². The van der Waals surface area contributed by atoms with Crippen molar-refractivity contribution in [3.8, 4) is 5.75 Å². The maximum absolute atomic E-state index is 14.5. The fourth-order valence-corrected chi connectivity index (χ4v) is 9.72. The molecule has 0 spiro atoms. The van der Waals surface area contributed by atoms with Crippen molar-refractivity contribution in [3.63, 3.8) is 0 Å². The molecule has 2 fully saturated rings. The molecule has 12 heteroatoms. The summed E-state index contributed by atoms with van der Waals surface area (Å²) in [6, 6.07) is 10.8. The summed E-state index contributed by atoms with van der Waals surface area (Å²) in [6.07, 6.45) is 11.4. The highest BCUT2D eigenvalue weighted by molar-refractivity contribution is 7.92. The zero-order chi connectivity index (χ0) is 35.3. The van der Waals surface area contributed by atoms with E-state index in [0.717, 1.165) is 57.2 Å². The Morgan fingerprint density at radius 1 is 1.10 bits per heavy atom. The van der Waals surface area contributed by atoms with E-state index in [1.807, 2.05) is 25.1 Å². The van der Waals surface area contributed by atoms with Gasteiger partial charge in [-0.3, -0.25) is 9.52 Å². The summed E-state index contributed by atoms with van der Waals surface area (Å²) >= 11 is 6.46. The van der Waals surface area contributed by atoms with E-state index in [1.165, 1.54) is 11.1 Å². The van der Waals surface area contributed by atoms with Crippen LogP contribution in [0.1, 0.15) is 73.4 Å². The molecule has 2 N–H and O–H groups in total. The number of halogens is 1. The van der Waals surface area contributed by atoms with Crippen LogP contribution in [0.3, 0.4) is 0 Å². The lowest BCUT2D eigenvalue weighted by Gasteiger charge is -2.43. The third-order valence-corrected chi connectivity index (χ3v) is 13.0. The molecule has 0 radical (unpaired) electrons. The molecule has 2 bridgehead atoms. The summed E-state index contributed by atoms with van der Waals surface area (Å²) in [5, 5.41) is 3.65. The van der Waals surface area contributed by atoms with E-state index in [2.05, 4.69) is 43.6 Å². The van der Waals surface area contributed by atoms with Crippen LogP contribution in [0.15, 0.2) is 52.9 Å². The Morgan fingerprint density at radius 2 is 1.96 bits per heavy atom. The molecular weight excluding hydrogens is 676 g/mol. The number of carbonyl (C=O) groups is 2. The van der Waals surface area contributed by atoms with Gasteiger partial charge in [-0.25, -0.2) is 9.00 Å². The van der Waals surface area contributed by atoms with Gasteiger partial charge >= 0.3 is 6.03 Å². The Hall–Kier alpha value is -3.12. The molecule has 2 aromatic carbocycles. The number of aryl methyl sites for hydroxylation is 1. The van der Waals surface area contributed by atoms with Crippen molar-refractivity contribution < 1.29 is 28.0 Å². The minimum absolute atomic E-state index is 0.0197. The van der Waals surface area contributed by atoms with Crippen molar-refractivity contribution in [2.45, 2.75) is 77.0 Å². The number of urea groups is 1. The maximum Gasteiger partial charge on any atom is 0.327 e. The SMILES string of the molecule is COC[C@@H]1CC[C@H]1NC(=O)N[S@@]1(=O)=NC(=O)c2ccc3c(c2)N(Cc2ccc(Cl)cc2CCCCO3)C[C@@H]2CC[C@H]2[C@@H](OC)/C=C/C[C@H](C)C1. The summed E-state index contributed by atoms with van der Waals surface area (Å²) in [5.74, 6) is 0.832. The van der Waals surface area contributed by atoms with E-state index in [1.54, 1.807) is 20.3 Å². The van der Waals surface area contributed by atoms with Crippen LogP contribution >= 0.6 is 11.6 Å². The van der Waals surface area contributed by atoms with Gasteiger partial charge in [0, 0.05) is 49.9 Å². The lowest BCUT2D eigenvalue weighted by molar-refractivity contribution is 0.0133. The highest BCUT2D eigenvalue weighted by Gasteiger charge is 2.38. The summed E-state index contributed by atoms with van der Waals surface area (Å²) in [4.78, 5) is 29.5. The van der Waals surface area contributed by atoms with E-state index in [0.29, 0.717) is 48.8 Å². The van der Waals surface area contributed by atoms with Crippen LogP contribution in [0.25, 0.3) is 0 Å². The number of anilines is 1. The number of carbonyl (C=O) groups excluding carboxylic acids is 2. The monoisotopic (exact) mass is 726 g/mol. The number of benzene rings is 2. The smallest absolute Gasteiger partial charge is 0.327 e. The van der Waals surface area contributed by atoms with Gasteiger partial charge in [0.25, 0.3) is 5.91 Å². The second kappa shape index (κ2) is 16.5. The molecule has 3 amide bonds. The minimum atomic E-state index is -3.50. The molecule has 2 heterocycles. The largest absolute Gasteiger partial charge is 0.491 e. The van der Waals surface area contributed by atoms with Crippen LogP contribution in [0.5, 0.6) is 5.75 Å². The molecule has 7 atom stereocenters. The molecular formula is C38H51ClN4O6S. The van der Waals surface area contributed by atoms with Crippen LogP contribution < -0.4 is 19.7 Å². The predicted octanol–water partition coefficient (Wildman–Crippen LogP) is 6.95. The predicted molar refractivity (Wildman–Crippen MR) is 197 cm³/mol. The number of fused-ring (bicyclic) bond motifs is 3. The third kappa shape index (κ3) is 8.84. The number of rotatable bonds is 5. The van der Waals surface area contributed by atoms with Gasteiger partial charge in [-0.15, -0.1) is 4.36 Å². The average molecular weight is 727 g/mol. The number of nitrogens with one attached hydrogen (secondary N) is 2. The first-order valence-corrected chi connectivity index (χ1v) is 20.1. The number of nitrogens with zero attached hydrogens (tertiary/aromatic N) is 2. The van der Waals surface area contributed by atoms with Crippen molar-refractivity contribution >= 4 is 39.1 Å². The Bertz CT molecular complexity index is 1690. The van der Waals surface area contributed by atoms with E-state index in [-0.39, 0.29) is 35.3 Å². The number of methoxy groups -OCH3 is 2. The lowest BCUT2D eigenvalue weighted by Crippen LogP contribution is -2.53. The molecule has 2 aliphatic heterocycles. The fraction of sp³-hybridized carbons (Fsp3) is 0.579.